The molecule has 4 heteroatoms. The van der Waals surface area contributed by atoms with Crippen molar-refractivity contribution in [3.05, 3.63) is 0 Å². The van der Waals surface area contributed by atoms with Crippen molar-refractivity contribution in [3.63, 3.8) is 0 Å². The summed E-state index contributed by atoms with van der Waals surface area (Å²) >= 11 is -1.62. The number of rotatable bonds is 6. The summed E-state index contributed by atoms with van der Waals surface area (Å²) in [5, 5.41) is 0. The first-order valence-electron chi connectivity index (χ1n) is 4.25. The van der Waals surface area contributed by atoms with E-state index in [1.807, 2.05) is 0 Å². The summed E-state index contributed by atoms with van der Waals surface area (Å²) in [7, 11) is 7.72. The summed E-state index contributed by atoms with van der Waals surface area (Å²) in [5.41, 5.74) is 0. The van der Waals surface area contributed by atoms with E-state index in [1.165, 1.54) is 0 Å². The Hall–Kier alpha value is 0.594. The molecule has 12 heavy (non-hydrogen) atoms. The first kappa shape index (κ1) is 12.6. The van der Waals surface area contributed by atoms with Crippen LogP contribution in [0.1, 0.15) is 13.3 Å². The van der Waals surface area contributed by atoms with Gasteiger partial charge in [0, 0.05) is 0 Å². The minimum absolute atomic E-state index is 0.611. The van der Waals surface area contributed by atoms with E-state index in [0.29, 0.717) is 6.04 Å². The van der Waals surface area contributed by atoms with Crippen LogP contribution in [0.4, 0.5) is 0 Å². The summed E-state index contributed by atoms with van der Waals surface area (Å²) in [6.45, 7) is 2.20. The second kappa shape index (κ2) is 7.04. The van der Waals surface area contributed by atoms with Crippen LogP contribution >= 0.6 is 0 Å². The van der Waals surface area contributed by atoms with Gasteiger partial charge < -0.3 is 0 Å². The van der Waals surface area contributed by atoms with E-state index in [4.69, 9.17) is 6.64 Å². The van der Waals surface area contributed by atoms with Crippen LogP contribution in [0.15, 0.2) is 0 Å². The van der Waals surface area contributed by atoms with Crippen LogP contribution < -0.4 is 0 Å². The Morgan fingerprint density at radius 3 is 2.00 bits per heavy atom. The first-order chi connectivity index (χ1) is 5.65. The van der Waals surface area contributed by atoms with E-state index in [2.05, 4.69) is 25.9 Å². The van der Waals surface area contributed by atoms with Gasteiger partial charge in [0.1, 0.15) is 0 Å². The van der Waals surface area contributed by atoms with Gasteiger partial charge in [-0.1, -0.05) is 0 Å². The molecule has 0 aliphatic heterocycles. The van der Waals surface area contributed by atoms with Crippen molar-refractivity contribution >= 4 is 0 Å². The van der Waals surface area contributed by atoms with E-state index in [-0.39, 0.29) is 0 Å². The molecule has 0 aromatic carbocycles. The predicted octanol–water partition coefficient (Wildman–Crippen LogP) is 1.49. The second-order valence-corrected chi connectivity index (χ2v) is 6.08. The molecule has 0 N–H and O–H groups in total. The van der Waals surface area contributed by atoms with Crippen LogP contribution in [0.5, 0.6) is 0 Å². The SMILES string of the molecule is CCC([CH2][Ti]([O]C)[O]C)N(C)C. The molecule has 1 atom stereocenters. The molecule has 0 rings (SSSR count). The molecule has 0 saturated heterocycles. The molecule has 1 unspecified atom stereocenters. The molecule has 73 valence electrons. The average Bonchev–Trinajstić information content (AvgIpc) is 2.06. The Bertz CT molecular complexity index is 107. The molecule has 0 radical (unpaired) electrons. The fourth-order valence-corrected chi connectivity index (χ4v) is 3.54. The zero-order valence-corrected chi connectivity index (χ0v) is 10.3. The molecule has 3 nitrogen and oxygen atoms in total. The van der Waals surface area contributed by atoms with E-state index >= 15 is 0 Å². The zero-order chi connectivity index (χ0) is 9.56. The Balaban J connectivity index is 3.82. The summed E-state index contributed by atoms with van der Waals surface area (Å²) < 4.78 is 11.7. The minimum atomic E-state index is -1.62. The molecule has 0 aliphatic rings. The van der Waals surface area contributed by atoms with Crippen LogP contribution in [-0.2, 0) is 25.3 Å². The fraction of sp³-hybridized carbons (Fsp3) is 1.00. The Kier molecular flexibility index (Phi) is 7.39. The van der Waals surface area contributed by atoms with Crippen molar-refractivity contribution in [1.29, 1.82) is 0 Å². The molecule has 0 fully saturated rings. The fourth-order valence-electron chi connectivity index (χ4n) is 1.13. The quantitative estimate of drug-likeness (QED) is 0.620. The molecule has 0 bridgehead atoms. The Morgan fingerprint density at radius 1 is 1.25 bits per heavy atom. The van der Waals surface area contributed by atoms with E-state index < -0.39 is 18.6 Å². The third-order valence-electron chi connectivity index (χ3n) is 2.06. The summed E-state index contributed by atoms with van der Waals surface area (Å²) in [5.74, 6) is 0. The van der Waals surface area contributed by atoms with Crippen LogP contribution in [0.2, 0.25) is 4.73 Å². The maximum absolute atomic E-state index is 5.30. The third kappa shape index (κ3) is 4.58. The zero-order valence-electron chi connectivity index (χ0n) is 8.76. The van der Waals surface area contributed by atoms with E-state index in [1.54, 1.807) is 14.2 Å². The van der Waals surface area contributed by atoms with Crippen molar-refractivity contribution in [2.24, 2.45) is 0 Å². The van der Waals surface area contributed by atoms with Gasteiger partial charge in [0.15, 0.2) is 0 Å². The van der Waals surface area contributed by atoms with Gasteiger partial charge in [0.25, 0.3) is 0 Å². The van der Waals surface area contributed by atoms with E-state index in [9.17, 15) is 0 Å². The topological polar surface area (TPSA) is 21.7 Å². The second-order valence-electron chi connectivity index (χ2n) is 3.01. The molecule has 0 saturated carbocycles. The van der Waals surface area contributed by atoms with Crippen LogP contribution in [0.25, 0.3) is 0 Å². The van der Waals surface area contributed by atoms with Crippen molar-refractivity contribution < 1.29 is 25.3 Å². The molecule has 0 aromatic heterocycles. The van der Waals surface area contributed by atoms with E-state index in [0.717, 1.165) is 11.1 Å². The van der Waals surface area contributed by atoms with Crippen molar-refractivity contribution in [2.75, 3.05) is 28.3 Å². The third-order valence-corrected chi connectivity index (χ3v) is 4.74. The van der Waals surface area contributed by atoms with Crippen LogP contribution in [0.3, 0.4) is 0 Å². The van der Waals surface area contributed by atoms with Crippen molar-refractivity contribution in [2.45, 2.75) is 24.1 Å². The Morgan fingerprint density at radius 2 is 1.75 bits per heavy atom. The van der Waals surface area contributed by atoms with Crippen LogP contribution in [0, 0.1) is 0 Å². The number of hydrogen-bond donors (Lipinski definition) is 0. The molecule has 0 aliphatic carbocycles. The van der Waals surface area contributed by atoms with Gasteiger partial charge in [-0.25, -0.2) is 0 Å². The normalized spacial score (nSPS) is 13.5. The first-order valence-corrected chi connectivity index (χ1v) is 6.63. The molecular formula is C8H20NO2Ti. The Labute approximate surface area is 82.8 Å². The number of nitrogens with zero attached hydrogens (tertiary/aromatic N) is 1. The van der Waals surface area contributed by atoms with Gasteiger partial charge >= 0.3 is 82.6 Å². The maximum atomic E-state index is 5.30. The summed E-state index contributed by atoms with van der Waals surface area (Å²) in [4.78, 5) is 2.24. The van der Waals surface area contributed by atoms with Gasteiger partial charge in [0.05, 0.1) is 0 Å². The van der Waals surface area contributed by atoms with Gasteiger partial charge in [0.2, 0.25) is 0 Å². The monoisotopic (exact) mass is 210 g/mol. The molecular weight excluding hydrogens is 190 g/mol. The van der Waals surface area contributed by atoms with Crippen molar-refractivity contribution in [3.8, 4) is 0 Å². The van der Waals surface area contributed by atoms with Crippen molar-refractivity contribution in [1.82, 2.24) is 4.90 Å². The summed E-state index contributed by atoms with van der Waals surface area (Å²) in [6, 6.07) is 0.611. The molecule has 0 amide bonds. The number of hydrogen-bond acceptors (Lipinski definition) is 3. The predicted molar refractivity (Wildman–Crippen MR) is 46.6 cm³/mol. The van der Waals surface area contributed by atoms with Gasteiger partial charge in [-0.15, -0.1) is 0 Å². The molecule has 0 spiro atoms. The summed E-state index contributed by atoms with van der Waals surface area (Å²) in [6.07, 6.45) is 1.16. The van der Waals surface area contributed by atoms with Gasteiger partial charge in [-0.05, 0) is 0 Å². The average molecular weight is 210 g/mol. The van der Waals surface area contributed by atoms with Gasteiger partial charge in [-0.2, -0.15) is 0 Å². The molecule has 0 aromatic rings. The standard InChI is InChI=1S/C6H14N.2CH3O.Ti/c1-5-6(2)7(3)4;2*1-2;/h6H,2,5H2,1,3-4H3;2*1H3;/q;2*-1;+2. The molecule has 0 heterocycles. The van der Waals surface area contributed by atoms with Gasteiger partial charge in [-0.3, -0.25) is 0 Å². The van der Waals surface area contributed by atoms with Crippen LogP contribution in [-0.4, -0.2) is 39.3 Å².